The third-order valence-corrected chi connectivity index (χ3v) is 2.10. The summed E-state index contributed by atoms with van der Waals surface area (Å²) in [4.78, 5) is 0. The molecular formula is C8H16NO. The zero-order chi connectivity index (χ0) is 7.40. The van der Waals surface area contributed by atoms with Gasteiger partial charge in [-0.15, -0.1) is 0 Å². The zero-order valence-electron chi connectivity index (χ0n) is 6.51. The fraction of sp³-hybridized carbons (Fsp3) is 0.875. The lowest BCUT2D eigenvalue weighted by Gasteiger charge is -2.25. The Kier molecular flexibility index (Phi) is 3.16. The molecule has 0 amide bonds. The first-order valence-electron chi connectivity index (χ1n) is 4.05. The van der Waals surface area contributed by atoms with Gasteiger partial charge in [-0.3, -0.25) is 0 Å². The Balaban J connectivity index is 2.13. The normalized spacial score (nSPS) is 34.2. The van der Waals surface area contributed by atoms with Crippen molar-refractivity contribution in [3.63, 3.8) is 0 Å². The average Bonchev–Trinajstić information content (AvgIpc) is 1.95. The van der Waals surface area contributed by atoms with Gasteiger partial charge in [0.2, 0.25) is 0 Å². The molecule has 1 aliphatic rings. The van der Waals surface area contributed by atoms with E-state index in [1.165, 1.54) is 0 Å². The summed E-state index contributed by atoms with van der Waals surface area (Å²) in [6.07, 6.45) is 4.13. The van der Waals surface area contributed by atoms with Gasteiger partial charge in [-0.1, -0.05) is 0 Å². The van der Waals surface area contributed by atoms with E-state index in [-0.39, 0.29) is 6.10 Å². The molecule has 2 heteroatoms. The Hall–Kier alpha value is -0.0800. The summed E-state index contributed by atoms with van der Waals surface area (Å²) < 4.78 is 0. The van der Waals surface area contributed by atoms with Gasteiger partial charge in [0, 0.05) is 12.6 Å². The molecule has 1 fully saturated rings. The summed E-state index contributed by atoms with van der Waals surface area (Å²) in [5, 5.41) is 12.4. The molecule has 0 unspecified atom stereocenters. The van der Waals surface area contributed by atoms with Crippen LogP contribution in [0, 0.1) is 6.54 Å². The first-order valence-corrected chi connectivity index (χ1v) is 4.05. The van der Waals surface area contributed by atoms with Crippen LogP contribution in [0.3, 0.4) is 0 Å². The highest BCUT2D eigenvalue weighted by molar-refractivity contribution is 4.77. The van der Waals surface area contributed by atoms with Gasteiger partial charge in [0.25, 0.3) is 0 Å². The molecule has 0 bridgehead atoms. The molecule has 0 aromatic carbocycles. The van der Waals surface area contributed by atoms with Crippen LogP contribution in [0.4, 0.5) is 0 Å². The Morgan fingerprint density at radius 1 is 1.30 bits per heavy atom. The summed E-state index contributed by atoms with van der Waals surface area (Å²) in [7, 11) is 0. The first-order chi connectivity index (χ1) is 4.83. The van der Waals surface area contributed by atoms with Crippen LogP contribution in [0.5, 0.6) is 0 Å². The topological polar surface area (TPSA) is 32.3 Å². The molecule has 1 rings (SSSR count). The number of aliphatic hydroxyl groups is 1. The lowest BCUT2D eigenvalue weighted by molar-refractivity contribution is 0.118. The molecule has 10 heavy (non-hydrogen) atoms. The van der Waals surface area contributed by atoms with Crippen LogP contribution in [-0.2, 0) is 0 Å². The Bertz CT molecular complexity index is 87.3. The van der Waals surface area contributed by atoms with Gasteiger partial charge in [0.15, 0.2) is 0 Å². The Morgan fingerprint density at radius 3 is 2.40 bits per heavy atom. The molecular weight excluding hydrogens is 126 g/mol. The number of rotatable bonds is 2. The second kappa shape index (κ2) is 3.94. The van der Waals surface area contributed by atoms with Crippen LogP contribution in [0.25, 0.3) is 0 Å². The van der Waals surface area contributed by atoms with Crippen molar-refractivity contribution in [2.45, 2.75) is 44.8 Å². The van der Waals surface area contributed by atoms with Crippen molar-refractivity contribution in [3.8, 4) is 0 Å². The van der Waals surface area contributed by atoms with Crippen molar-refractivity contribution in [2.24, 2.45) is 0 Å². The second-order valence-corrected chi connectivity index (χ2v) is 2.96. The van der Waals surface area contributed by atoms with Crippen LogP contribution in [-0.4, -0.2) is 17.3 Å². The van der Waals surface area contributed by atoms with Crippen LogP contribution in [0.1, 0.15) is 32.6 Å². The van der Waals surface area contributed by atoms with Gasteiger partial charge in [0.1, 0.15) is 0 Å². The van der Waals surface area contributed by atoms with Crippen molar-refractivity contribution < 1.29 is 5.11 Å². The lowest BCUT2D eigenvalue weighted by atomic mass is 9.93. The SMILES string of the molecule is C[CH]N[C@H]1CC[C@H](O)CC1. The Labute approximate surface area is 62.6 Å². The van der Waals surface area contributed by atoms with Crippen LogP contribution >= 0.6 is 0 Å². The summed E-state index contributed by atoms with van der Waals surface area (Å²) in [5.74, 6) is 0. The number of nitrogens with one attached hydrogen (secondary N) is 1. The predicted molar refractivity (Wildman–Crippen MR) is 41.4 cm³/mol. The molecule has 2 N–H and O–H groups in total. The molecule has 2 nitrogen and oxygen atoms in total. The van der Waals surface area contributed by atoms with Gasteiger partial charge < -0.3 is 10.4 Å². The number of hydrogen-bond donors (Lipinski definition) is 2. The standard InChI is InChI=1S/C8H16NO/c1-2-9-7-3-5-8(10)6-4-7/h2,7-10H,3-6H2,1H3/t7-,8-. The maximum absolute atomic E-state index is 9.16. The summed E-state index contributed by atoms with van der Waals surface area (Å²) in [6.45, 7) is 3.99. The van der Waals surface area contributed by atoms with Gasteiger partial charge >= 0.3 is 0 Å². The summed E-state index contributed by atoms with van der Waals surface area (Å²) in [6, 6.07) is 0.619. The molecule has 0 spiro atoms. The van der Waals surface area contributed by atoms with E-state index >= 15 is 0 Å². The highest BCUT2D eigenvalue weighted by Crippen LogP contribution is 2.18. The maximum atomic E-state index is 9.16. The summed E-state index contributed by atoms with van der Waals surface area (Å²) >= 11 is 0. The molecule has 0 saturated heterocycles. The van der Waals surface area contributed by atoms with E-state index in [0.717, 1.165) is 25.7 Å². The lowest BCUT2D eigenvalue weighted by Crippen LogP contribution is -2.32. The highest BCUT2D eigenvalue weighted by atomic mass is 16.3. The van der Waals surface area contributed by atoms with E-state index in [1.54, 1.807) is 0 Å². The van der Waals surface area contributed by atoms with Crippen molar-refractivity contribution in [2.75, 3.05) is 0 Å². The molecule has 0 aliphatic heterocycles. The molecule has 0 aromatic rings. The largest absolute Gasteiger partial charge is 0.393 e. The number of aliphatic hydroxyl groups excluding tert-OH is 1. The van der Waals surface area contributed by atoms with Crippen molar-refractivity contribution in [1.29, 1.82) is 0 Å². The quantitative estimate of drug-likeness (QED) is 0.604. The predicted octanol–water partition coefficient (Wildman–Crippen LogP) is 1.06. The van der Waals surface area contributed by atoms with Crippen molar-refractivity contribution in [1.82, 2.24) is 5.32 Å². The van der Waals surface area contributed by atoms with E-state index < -0.39 is 0 Å². The van der Waals surface area contributed by atoms with Crippen LogP contribution in [0.2, 0.25) is 0 Å². The van der Waals surface area contributed by atoms with Crippen molar-refractivity contribution >= 4 is 0 Å². The molecule has 1 saturated carbocycles. The van der Waals surface area contributed by atoms with Crippen molar-refractivity contribution in [3.05, 3.63) is 6.54 Å². The van der Waals surface area contributed by atoms with Crippen LogP contribution in [0.15, 0.2) is 0 Å². The highest BCUT2D eigenvalue weighted by Gasteiger charge is 2.17. The average molecular weight is 142 g/mol. The van der Waals surface area contributed by atoms with E-state index in [0.29, 0.717) is 6.04 Å². The fourth-order valence-corrected chi connectivity index (χ4v) is 1.48. The van der Waals surface area contributed by atoms with Gasteiger partial charge in [-0.25, -0.2) is 0 Å². The smallest absolute Gasteiger partial charge is 0.0541 e. The number of hydrogen-bond acceptors (Lipinski definition) is 2. The van der Waals surface area contributed by atoms with E-state index in [1.807, 2.05) is 13.5 Å². The van der Waals surface area contributed by atoms with E-state index in [4.69, 9.17) is 5.11 Å². The zero-order valence-corrected chi connectivity index (χ0v) is 6.51. The fourth-order valence-electron chi connectivity index (χ4n) is 1.48. The van der Waals surface area contributed by atoms with Gasteiger partial charge in [-0.2, -0.15) is 0 Å². The van der Waals surface area contributed by atoms with E-state index in [2.05, 4.69) is 5.32 Å². The molecule has 1 aliphatic carbocycles. The minimum Gasteiger partial charge on any atom is -0.393 e. The Morgan fingerprint density at radius 2 is 1.90 bits per heavy atom. The van der Waals surface area contributed by atoms with Gasteiger partial charge in [-0.05, 0) is 32.6 Å². The maximum Gasteiger partial charge on any atom is 0.0541 e. The van der Waals surface area contributed by atoms with Gasteiger partial charge in [0.05, 0.1) is 6.10 Å². The minimum absolute atomic E-state index is 0.0325. The second-order valence-electron chi connectivity index (χ2n) is 2.96. The molecule has 0 atom stereocenters. The summed E-state index contributed by atoms with van der Waals surface area (Å²) in [5.41, 5.74) is 0. The third kappa shape index (κ3) is 2.27. The molecule has 0 aromatic heterocycles. The third-order valence-electron chi connectivity index (χ3n) is 2.10. The molecule has 1 radical (unpaired) electrons. The first kappa shape index (κ1) is 8.02. The minimum atomic E-state index is -0.0325. The van der Waals surface area contributed by atoms with E-state index in [9.17, 15) is 0 Å². The molecule has 0 heterocycles. The molecule has 59 valence electrons. The monoisotopic (exact) mass is 142 g/mol. The van der Waals surface area contributed by atoms with Crippen LogP contribution < -0.4 is 5.32 Å².